The van der Waals surface area contributed by atoms with Crippen molar-refractivity contribution >= 4 is 0 Å². The third kappa shape index (κ3) is 13.1. The van der Waals surface area contributed by atoms with Crippen LogP contribution in [-0.2, 0) is 0 Å². The zero-order chi connectivity index (χ0) is 14.1. The highest BCUT2D eigenvalue weighted by Crippen LogP contribution is 2.22. The van der Waals surface area contributed by atoms with E-state index in [4.69, 9.17) is 0 Å². The van der Waals surface area contributed by atoms with Crippen LogP contribution in [0.3, 0.4) is 0 Å². The molecule has 1 fully saturated rings. The Hall–Kier alpha value is -1.00. The van der Waals surface area contributed by atoms with Gasteiger partial charge < -0.3 is 5.32 Å². The van der Waals surface area contributed by atoms with Crippen molar-refractivity contribution in [3.63, 3.8) is 0 Å². The average Bonchev–Trinajstić information content (AvgIpc) is 2.48. The second-order valence-corrected chi connectivity index (χ2v) is 4.12. The summed E-state index contributed by atoms with van der Waals surface area (Å²) in [6.45, 7) is 8.26. The Balaban J connectivity index is 0. The van der Waals surface area contributed by atoms with Crippen LogP contribution in [-0.4, -0.2) is 13.1 Å². The molecule has 0 spiro atoms. The third-order valence-corrected chi connectivity index (χ3v) is 2.86. The molecular formula is C17H31N. The predicted octanol–water partition coefficient (Wildman–Crippen LogP) is 4.56. The summed E-state index contributed by atoms with van der Waals surface area (Å²) in [4.78, 5) is 0. The number of hydrogen-bond acceptors (Lipinski definition) is 1. The van der Waals surface area contributed by atoms with Crippen LogP contribution in [0.25, 0.3) is 0 Å². The highest BCUT2D eigenvalue weighted by Gasteiger charge is 2.11. The van der Waals surface area contributed by atoms with Gasteiger partial charge in [-0.1, -0.05) is 57.4 Å². The normalized spacial score (nSPS) is 15.8. The van der Waals surface area contributed by atoms with Crippen LogP contribution < -0.4 is 5.32 Å². The van der Waals surface area contributed by atoms with Gasteiger partial charge in [0.2, 0.25) is 0 Å². The van der Waals surface area contributed by atoms with Crippen molar-refractivity contribution in [1.29, 1.82) is 0 Å². The van der Waals surface area contributed by atoms with E-state index in [1.807, 2.05) is 20.8 Å². The largest absolute Gasteiger partial charge is 0.313 e. The van der Waals surface area contributed by atoms with Gasteiger partial charge in [-0.2, -0.15) is 0 Å². The SMILES string of the molecule is C#C.C/C=C\C=C/CNCC1CCCCC1.CC. The van der Waals surface area contributed by atoms with Crippen LogP contribution in [0.15, 0.2) is 24.3 Å². The van der Waals surface area contributed by atoms with Gasteiger partial charge in [0.1, 0.15) is 0 Å². The van der Waals surface area contributed by atoms with Gasteiger partial charge in [-0.25, -0.2) is 0 Å². The molecular weight excluding hydrogens is 218 g/mol. The Morgan fingerprint density at radius 1 is 1.06 bits per heavy atom. The number of rotatable bonds is 5. The summed E-state index contributed by atoms with van der Waals surface area (Å²) in [5.74, 6) is 0.943. The Morgan fingerprint density at radius 2 is 1.67 bits per heavy atom. The van der Waals surface area contributed by atoms with Crippen molar-refractivity contribution in [3.8, 4) is 12.8 Å². The maximum atomic E-state index is 4.00. The fourth-order valence-electron chi connectivity index (χ4n) is 2.02. The third-order valence-electron chi connectivity index (χ3n) is 2.86. The quantitative estimate of drug-likeness (QED) is 0.428. The molecule has 0 saturated heterocycles. The van der Waals surface area contributed by atoms with Gasteiger partial charge in [-0.3, -0.25) is 0 Å². The van der Waals surface area contributed by atoms with E-state index in [0.29, 0.717) is 0 Å². The van der Waals surface area contributed by atoms with Crippen molar-refractivity contribution in [3.05, 3.63) is 24.3 Å². The summed E-state index contributed by atoms with van der Waals surface area (Å²) in [5.41, 5.74) is 0. The average molecular weight is 249 g/mol. The minimum Gasteiger partial charge on any atom is -0.313 e. The lowest BCUT2D eigenvalue weighted by Gasteiger charge is -2.21. The van der Waals surface area contributed by atoms with Crippen LogP contribution in [0.5, 0.6) is 0 Å². The van der Waals surface area contributed by atoms with Gasteiger partial charge in [0.25, 0.3) is 0 Å². The summed E-state index contributed by atoms with van der Waals surface area (Å²) in [7, 11) is 0. The minimum absolute atomic E-state index is 0.943. The van der Waals surface area contributed by atoms with Crippen molar-refractivity contribution in [2.75, 3.05) is 13.1 Å². The zero-order valence-electron chi connectivity index (χ0n) is 12.5. The molecule has 0 aromatic carbocycles. The summed E-state index contributed by atoms with van der Waals surface area (Å²) >= 11 is 0. The van der Waals surface area contributed by atoms with Gasteiger partial charge >= 0.3 is 0 Å². The summed E-state index contributed by atoms with van der Waals surface area (Å²) in [6.07, 6.45) is 23.6. The van der Waals surface area contributed by atoms with Crippen molar-refractivity contribution in [2.45, 2.75) is 52.9 Å². The van der Waals surface area contributed by atoms with Crippen LogP contribution in [0, 0.1) is 18.8 Å². The summed E-state index contributed by atoms with van der Waals surface area (Å²) in [5, 5.41) is 3.49. The molecule has 1 nitrogen and oxygen atoms in total. The van der Waals surface area contributed by atoms with E-state index in [9.17, 15) is 0 Å². The molecule has 1 saturated carbocycles. The molecule has 104 valence electrons. The Morgan fingerprint density at radius 3 is 2.22 bits per heavy atom. The molecule has 0 amide bonds. The summed E-state index contributed by atoms with van der Waals surface area (Å²) < 4.78 is 0. The zero-order valence-corrected chi connectivity index (χ0v) is 12.5. The van der Waals surface area contributed by atoms with Gasteiger partial charge in [-0.15, -0.1) is 12.8 Å². The molecule has 1 N–H and O–H groups in total. The highest BCUT2D eigenvalue weighted by molar-refractivity contribution is 5.01. The Kier molecular flexibility index (Phi) is 19.7. The molecule has 0 unspecified atom stereocenters. The van der Waals surface area contributed by atoms with Crippen molar-refractivity contribution in [1.82, 2.24) is 5.32 Å². The van der Waals surface area contributed by atoms with Gasteiger partial charge in [0.15, 0.2) is 0 Å². The van der Waals surface area contributed by atoms with E-state index in [0.717, 1.165) is 12.5 Å². The van der Waals surface area contributed by atoms with Crippen molar-refractivity contribution < 1.29 is 0 Å². The highest BCUT2D eigenvalue weighted by atomic mass is 14.8. The fraction of sp³-hybridized carbons (Fsp3) is 0.647. The predicted molar refractivity (Wildman–Crippen MR) is 84.6 cm³/mol. The van der Waals surface area contributed by atoms with E-state index >= 15 is 0 Å². The molecule has 0 atom stereocenters. The van der Waals surface area contributed by atoms with Gasteiger partial charge in [0, 0.05) is 6.54 Å². The molecule has 0 aliphatic heterocycles. The summed E-state index contributed by atoms with van der Waals surface area (Å²) in [6, 6.07) is 0. The fourth-order valence-corrected chi connectivity index (χ4v) is 2.02. The monoisotopic (exact) mass is 249 g/mol. The van der Waals surface area contributed by atoms with E-state index < -0.39 is 0 Å². The number of allylic oxidation sites excluding steroid dienone is 3. The lowest BCUT2D eigenvalue weighted by molar-refractivity contribution is 0.346. The lowest BCUT2D eigenvalue weighted by atomic mass is 9.89. The van der Waals surface area contributed by atoms with Crippen LogP contribution in [0.4, 0.5) is 0 Å². The molecule has 1 rings (SSSR count). The molecule has 0 radical (unpaired) electrons. The minimum atomic E-state index is 0.943. The van der Waals surface area contributed by atoms with Gasteiger partial charge in [-0.05, 0) is 32.2 Å². The topological polar surface area (TPSA) is 12.0 Å². The van der Waals surface area contributed by atoms with E-state index in [1.54, 1.807) is 0 Å². The van der Waals surface area contributed by atoms with Crippen LogP contribution in [0.2, 0.25) is 0 Å². The maximum Gasteiger partial charge on any atom is 0.0138 e. The number of terminal acetylenes is 1. The molecule has 1 heteroatoms. The van der Waals surface area contributed by atoms with Crippen LogP contribution in [0.1, 0.15) is 52.9 Å². The second kappa shape index (κ2) is 18.4. The molecule has 18 heavy (non-hydrogen) atoms. The smallest absolute Gasteiger partial charge is 0.0138 e. The molecule has 1 aliphatic rings. The standard InChI is InChI=1S/C13H23N.C2H6.C2H2/c1-2-3-4-8-11-14-12-13-9-6-5-7-10-13;2*1-2/h2-4,8,13-14H,5-7,9-12H2,1H3;1-2H3;1-2H/b3-2-,8-4-;;. The second-order valence-electron chi connectivity index (χ2n) is 4.12. The first-order valence-corrected chi connectivity index (χ1v) is 7.25. The van der Waals surface area contributed by atoms with E-state index in [-0.39, 0.29) is 0 Å². The lowest BCUT2D eigenvalue weighted by Crippen LogP contribution is -2.24. The van der Waals surface area contributed by atoms with E-state index in [1.165, 1.54) is 38.6 Å². The molecule has 0 aromatic heterocycles. The van der Waals surface area contributed by atoms with Crippen molar-refractivity contribution in [2.24, 2.45) is 5.92 Å². The Labute approximate surface area is 115 Å². The molecule has 1 aliphatic carbocycles. The first kappa shape index (κ1) is 19.3. The first-order chi connectivity index (χ1) is 8.93. The Bertz CT molecular complexity index is 207. The van der Waals surface area contributed by atoms with Gasteiger partial charge in [0.05, 0.1) is 0 Å². The molecule has 0 bridgehead atoms. The van der Waals surface area contributed by atoms with E-state index in [2.05, 4.69) is 42.5 Å². The number of hydrogen-bond donors (Lipinski definition) is 1. The van der Waals surface area contributed by atoms with Crippen LogP contribution >= 0.6 is 0 Å². The molecule has 0 aromatic rings. The first-order valence-electron chi connectivity index (χ1n) is 7.25. The molecule has 0 heterocycles. The maximum absolute atomic E-state index is 4.00. The number of nitrogens with one attached hydrogen (secondary N) is 1.